The Balaban J connectivity index is 1.44. The highest BCUT2D eigenvalue weighted by Gasteiger charge is 2.22. The van der Waals surface area contributed by atoms with E-state index in [0.717, 1.165) is 64.0 Å². The van der Waals surface area contributed by atoms with Crippen LogP contribution < -0.4 is 0 Å². The number of halogens is 1. The summed E-state index contributed by atoms with van der Waals surface area (Å²) in [7, 11) is 0. The van der Waals surface area contributed by atoms with E-state index in [2.05, 4.69) is 4.90 Å². The lowest BCUT2D eigenvalue weighted by Crippen LogP contribution is -2.38. The van der Waals surface area contributed by atoms with Crippen LogP contribution in [0.5, 0.6) is 0 Å². The predicted octanol–water partition coefficient (Wildman–Crippen LogP) is 2.65. The number of nitrogens with zero attached hydrogens (tertiary/aromatic N) is 3. The highest BCUT2D eigenvalue weighted by molar-refractivity contribution is 5.79. The minimum absolute atomic E-state index is 0.149. The van der Waals surface area contributed by atoms with Crippen LogP contribution in [0.2, 0.25) is 0 Å². The fourth-order valence-corrected chi connectivity index (χ4v) is 3.89. The maximum atomic E-state index is 13.0. The normalized spacial score (nSPS) is 19.7. The third-order valence-electron chi connectivity index (χ3n) is 5.53. The maximum Gasteiger partial charge on any atom is 0.224 e. The van der Waals surface area contributed by atoms with E-state index in [0.29, 0.717) is 25.9 Å². The Morgan fingerprint density at radius 2 is 1.74 bits per heavy atom. The van der Waals surface area contributed by atoms with Gasteiger partial charge in [0.25, 0.3) is 0 Å². The van der Waals surface area contributed by atoms with Crippen molar-refractivity contribution in [3.63, 3.8) is 0 Å². The molecule has 0 atom stereocenters. The van der Waals surface area contributed by atoms with E-state index in [9.17, 15) is 14.0 Å². The molecule has 1 aromatic rings. The molecule has 3 rings (SSSR count). The van der Waals surface area contributed by atoms with Crippen molar-refractivity contribution in [1.29, 1.82) is 0 Å². The molecule has 0 radical (unpaired) electrons. The van der Waals surface area contributed by atoms with Gasteiger partial charge in [-0.05, 0) is 37.0 Å². The summed E-state index contributed by atoms with van der Waals surface area (Å²) in [6, 6.07) is 6.63. The summed E-state index contributed by atoms with van der Waals surface area (Å²) in [4.78, 5) is 30.8. The van der Waals surface area contributed by atoms with Crippen LogP contribution in [0.25, 0.3) is 0 Å². The number of carbonyl (C=O) groups excluding carboxylic acids is 2. The number of carbonyl (C=O) groups is 2. The molecule has 148 valence electrons. The van der Waals surface area contributed by atoms with Gasteiger partial charge in [0.05, 0.1) is 0 Å². The molecule has 2 saturated heterocycles. The summed E-state index contributed by atoms with van der Waals surface area (Å²) in [5.74, 6) is 0.131. The molecule has 0 aliphatic carbocycles. The van der Waals surface area contributed by atoms with E-state index in [-0.39, 0.29) is 17.6 Å². The number of amides is 2. The van der Waals surface area contributed by atoms with Crippen molar-refractivity contribution in [3.05, 3.63) is 35.6 Å². The van der Waals surface area contributed by atoms with Crippen LogP contribution in [0.4, 0.5) is 4.39 Å². The predicted molar refractivity (Wildman–Crippen MR) is 103 cm³/mol. The van der Waals surface area contributed by atoms with E-state index in [4.69, 9.17) is 0 Å². The summed E-state index contributed by atoms with van der Waals surface area (Å²) in [5, 5.41) is 0. The van der Waals surface area contributed by atoms with Gasteiger partial charge in [0, 0.05) is 58.7 Å². The number of hydrogen-bond acceptors (Lipinski definition) is 3. The highest BCUT2D eigenvalue weighted by Crippen LogP contribution is 2.13. The van der Waals surface area contributed by atoms with Crippen molar-refractivity contribution in [2.45, 2.75) is 45.1 Å². The molecule has 1 aromatic carbocycles. The Bertz CT molecular complexity index is 635. The second-order valence-electron chi connectivity index (χ2n) is 7.58. The first-order valence-electron chi connectivity index (χ1n) is 10.1. The minimum Gasteiger partial charge on any atom is -0.342 e. The molecule has 27 heavy (non-hydrogen) atoms. The van der Waals surface area contributed by atoms with Crippen molar-refractivity contribution >= 4 is 11.8 Å². The smallest absolute Gasteiger partial charge is 0.224 e. The highest BCUT2D eigenvalue weighted by atomic mass is 19.1. The Hall–Kier alpha value is -1.95. The Morgan fingerprint density at radius 1 is 0.926 bits per heavy atom. The zero-order valence-electron chi connectivity index (χ0n) is 16.0. The van der Waals surface area contributed by atoms with Crippen LogP contribution in [0.15, 0.2) is 24.3 Å². The van der Waals surface area contributed by atoms with Gasteiger partial charge in [0.15, 0.2) is 0 Å². The number of benzene rings is 1. The van der Waals surface area contributed by atoms with Gasteiger partial charge in [0.1, 0.15) is 5.82 Å². The van der Waals surface area contributed by atoms with Crippen LogP contribution in [0, 0.1) is 5.82 Å². The SMILES string of the molecule is O=C1CCCCCN1CCC(=O)N1CCCN(Cc2ccc(F)cc2)CC1. The van der Waals surface area contributed by atoms with Gasteiger partial charge in [-0.3, -0.25) is 14.5 Å². The maximum absolute atomic E-state index is 13.0. The molecular weight excluding hydrogens is 345 g/mol. The van der Waals surface area contributed by atoms with Gasteiger partial charge in [-0.1, -0.05) is 18.6 Å². The van der Waals surface area contributed by atoms with E-state index >= 15 is 0 Å². The summed E-state index contributed by atoms with van der Waals surface area (Å²) in [6.45, 7) is 5.37. The van der Waals surface area contributed by atoms with E-state index < -0.39 is 0 Å². The van der Waals surface area contributed by atoms with Crippen molar-refractivity contribution in [2.24, 2.45) is 0 Å². The summed E-state index contributed by atoms with van der Waals surface area (Å²) in [6.07, 6.45) is 5.10. The number of rotatable bonds is 5. The molecule has 2 amide bonds. The second-order valence-corrected chi connectivity index (χ2v) is 7.58. The van der Waals surface area contributed by atoms with E-state index in [1.807, 2.05) is 21.9 Å². The van der Waals surface area contributed by atoms with Gasteiger partial charge in [0.2, 0.25) is 11.8 Å². The molecule has 0 N–H and O–H groups in total. The Kier molecular flexibility index (Phi) is 7.21. The average Bonchev–Trinajstić information content (AvgIpc) is 3.02. The molecule has 0 aromatic heterocycles. The Morgan fingerprint density at radius 3 is 2.56 bits per heavy atom. The lowest BCUT2D eigenvalue weighted by atomic mass is 10.2. The molecule has 0 bridgehead atoms. The first-order chi connectivity index (χ1) is 13.1. The molecule has 6 heteroatoms. The van der Waals surface area contributed by atoms with Crippen molar-refractivity contribution in [2.75, 3.05) is 39.3 Å². The van der Waals surface area contributed by atoms with Gasteiger partial charge >= 0.3 is 0 Å². The van der Waals surface area contributed by atoms with Gasteiger partial charge in [-0.25, -0.2) is 4.39 Å². The molecule has 0 saturated carbocycles. The van der Waals surface area contributed by atoms with Crippen molar-refractivity contribution < 1.29 is 14.0 Å². The topological polar surface area (TPSA) is 43.9 Å². The average molecular weight is 375 g/mol. The fourth-order valence-electron chi connectivity index (χ4n) is 3.89. The summed E-state index contributed by atoms with van der Waals surface area (Å²) in [5.41, 5.74) is 1.09. The van der Waals surface area contributed by atoms with Crippen molar-refractivity contribution in [3.8, 4) is 0 Å². The first-order valence-corrected chi connectivity index (χ1v) is 10.1. The fraction of sp³-hybridized carbons (Fsp3) is 0.619. The molecule has 2 heterocycles. The molecule has 0 spiro atoms. The molecule has 5 nitrogen and oxygen atoms in total. The summed E-state index contributed by atoms with van der Waals surface area (Å²) >= 11 is 0. The van der Waals surface area contributed by atoms with Crippen molar-refractivity contribution in [1.82, 2.24) is 14.7 Å². The van der Waals surface area contributed by atoms with Crippen LogP contribution in [-0.2, 0) is 16.1 Å². The van der Waals surface area contributed by atoms with Gasteiger partial charge in [-0.2, -0.15) is 0 Å². The number of hydrogen-bond donors (Lipinski definition) is 0. The molecular formula is C21H30FN3O2. The zero-order chi connectivity index (χ0) is 19.1. The quantitative estimate of drug-likeness (QED) is 0.795. The van der Waals surface area contributed by atoms with Crippen LogP contribution in [0.1, 0.15) is 44.1 Å². The molecule has 0 unspecified atom stereocenters. The Labute approximate surface area is 161 Å². The standard InChI is InChI=1S/C21H30FN3O2/c22-19-8-6-18(7-9-19)17-23-11-4-13-25(16-15-23)21(27)10-14-24-12-3-1-2-5-20(24)26/h6-9H,1-5,10-17H2. The molecule has 2 aliphatic heterocycles. The summed E-state index contributed by atoms with van der Waals surface area (Å²) < 4.78 is 13.0. The lowest BCUT2D eigenvalue weighted by Gasteiger charge is -2.24. The number of likely N-dealkylation sites (tertiary alicyclic amines) is 1. The van der Waals surface area contributed by atoms with Crippen LogP contribution >= 0.6 is 0 Å². The van der Waals surface area contributed by atoms with E-state index in [1.54, 1.807) is 0 Å². The largest absolute Gasteiger partial charge is 0.342 e. The lowest BCUT2D eigenvalue weighted by molar-refractivity contribution is -0.134. The monoisotopic (exact) mass is 375 g/mol. The molecule has 2 aliphatic rings. The van der Waals surface area contributed by atoms with E-state index in [1.165, 1.54) is 12.1 Å². The minimum atomic E-state index is -0.214. The van der Waals surface area contributed by atoms with Crippen LogP contribution in [0.3, 0.4) is 0 Å². The third-order valence-corrected chi connectivity index (χ3v) is 5.53. The van der Waals surface area contributed by atoms with Crippen LogP contribution in [-0.4, -0.2) is 65.8 Å². The first kappa shape index (κ1) is 19.8. The molecule has 2 fully saturated rings. The van der Waals surface area contributed by atoms with Gasteiger partial charge < -0.3 is 9.80 Å². The van der Waals surface area contributed by atoms with Gasteiger partial charge in [-0.15, -0.1) is 0 Å². The zero-order valence-corrected chi connectivity index (χ0v) is 16.0. The second kappa shape index (κ2) is 9.83. The third kappa shape index (κ3) is 6.03.